The van der Waals surface area contributed by atoms with Crippen molar-refractivity contribution in [3.63, 3.8) is 0 Å². The van der Waals surface area contributed by atoms with Crippen LogP contribution < -0.4 is 9.64 Å². The third-order valence-corrected chi connectivity index (χ3v) is 6.65. The maximum Gasteiger partial charge on any atom is 0.237 e. The molecule has 1 aromatic heterocycles. The Labute approximate surface area is 197 Å². The highest BCUT2D eigenvalue weighted by Crippen LogP contribution is 2.31. The summed E-state index contributed by atoms with van der Waals surface area (Å²) in [5.74, 6) is 1.88. The quantitative estimate of drug-likeness (QED) is 0.382. The summed E-state index contributed by atoms with van der Waals surface area (Å²) in [5.41, 5.74) is 4.13. The van der Waals surface area contributed by atoms with Gasteiger partial charge in [0.1, 0.15) is 5.75 Å². The molecule has 0 spiro atoms. The molecule has 7 heteroatoms. The van der Waals surface area contributed by atoms with E-state index in [-0.39, 0.29) is 11.7 Å². The number of hydrogen-bond acceptors (Lipinski definition) is 5. The Bertz CT molecular complexity index is 1260. The number of anilines is 1. The Kier molecular flexibility index (Phi) is 6.13. The predicted octanol–water partition coefficient (Wildman–Crippen LogP) is 5.01. The SMILES string of the molecule is COc1ccc(-n2c(SCC(=O)N3CCCc4ccccc43)nnc2-c2ccccc2)cc1. The van der Waals surface area contributed by atoms with E-state index in [0.717, 1.165) is 47.9 Å². The number of thioether (sulfide) groups is 1. The number of nitrogens with zero attached hydrogens (tertiary/aromatic N) is 4. The number of amides is 1. The zero-order chi connectivity index (χ0) is 22.6. The molecule has 2 heterocycles. The number of hydrogen-bond donors (Lipinski definition) is 0. The summed E-state index contributed by atoms with van der Waals surface area (Å²) >= 11 is 1.41. The zero-order valence-electron chi connectivity index (χ0n) is 18.3. The molecule has 0 aliphatic carbocycles. The smallest absolute Gasteiger partial charge is 0.237 e. The van der Waals surface area contributed by atoms with Crippen molar-refractivity contribution in [1.82, 2.24) is 14.8 Å². The van der Waals surface area contributed by atoms with Gasteiger partial charge in [-0.2, -0.15) is 0 Å². The molecule has 0 N–H and O–H groups in total. The van der Waals surface area contributed by atoms with E-state index in [9.17, 15) is 4.79 Å². The molecule has 0 bridgehead atoms. The van der Waals surface area contributed by atoms with Gasteiger partial charge in [0.05, 0.1) is 12.9 Å². The lowest BCUT2D eigenvalue weighted by Gasteiger charge is -2.29. The van der Waals surface area contributed by atoms with Crippen LogP contribution in [0, 0.1) is 0 Å². The van der Waals surface area contributed by atoms with E-state index in [1.54, 1.807) is 7.11 Å². The molecule has 0 atom stereocenters. The first-order valence-electron chi connectivity index (χ1n) is 10.9. The van der Waals surface area contributed by atoms with Crippen LogP contribution in [0.4, 0.5) is 5.69 Å². The minimum atomic E-state index is 0.0812. The molecule has 0 saturated heterocycles. The minimum Gasteiger partial charge on any atom is -0.497 e. The van der Waals surface area contributed by atoms with Gasteiger partial charge in [0.25, 0.3) is 0 Å². The number of para-hydroxylation sites is 1. The van der Waals surface area contributed by atoms with Crippen LogP contribution >= 0.6 is 11.8 Å². The second kappa shape index (κ2) is 9.50. The number of aryl methyl sites for hydroxylation is 1. The largest absolute Gasteiger partial charge is 0.497 e. The summed E-state index contributed by atoms with van der Waals surface area (Å²) < 4.78 is 7.31. The van der Waals surface area contributed by atoms with Crippen LogP contribution in [0.3, 0.4) is 0 Å². The van der Waals surface area contributed by atoms with Gasteiger partial charge >= 0.3 is 0 Å². The van der Waals surface area contributed by atoms with E-state index in [4.69, 9.17) is 4.74 Å². The van der Waals surface area contributed by atoms with Gasteiger partial charge in [0, 0.05) is 23.5 Å². The van der Waals surface area contributed by atoms with Gasteiger partial charge in [-0.25, -0.2) is 0 Å². The molecule has 0 unspecified atom stereocenters. The Morgan fingerprint density at radius 3 is 2.52 bits per heavy atom. The molecule has 1 aliphatic rings. The van der Waals surface area contributed by atoms with Gasteiger partial charge in [-0.1, -0.05) is 60.3 Å². The average Bonchev–Trinajstić information content (AvgIpc) is 3.31. The van der Waals surface area contributed by atoms with Crippen LogP contribution in [-0.4, -0.2) is 40.1 Å². The normalized spacial score (nSPS) is 12.9. The Balaban J connectivity index is 1.44. The molecule has 166 valence electrons. The molecule has 1 aliphatic heterocycles. The first-order chi connectivity index (χ1) is 16.2. The van der Waals surface area contributed by atoms with Gasteiger partial charge in [-0.3, -0.25) is 9.36 Å². The number of carbonyl (C=O) groups excluding carboxylic acids is 1. The van der Waals surface area contributed by atoms with E-state index in [2.05, 4.69) is 16.3 Å². The zero-order valence-corrected chi connectivity index (χ0v) is 19.2. The van der Waals surface area contributed by atoms with Crippen molar-refractivity contribution in [3.8, 4) is 22.8 Å². The van der Waals surface area contributed by atoms with E-state index in [1.807, 2.05) is 82.3 Å². The van der Waals surface area contributed by atoms with Crippen molar-refractivity contribution in [2.45, 2.75) is 18.0 Å². The third-order valence-electron chi connectivity index (χ3n) is 5.73. The monoisotopic (exact) mass is 456 g/mol. The Morgan fingerprint density at radius 1 is 0.970 bits per heavy atom. The lowest BCUT2D eigenvalue weighted by Crippen LogP contribution is -2.36. The molecule has 6 nitrogen and oxygen atoms in total. The molecule has 1 amide bonds. The highest BCUT2D eigenvalue weighted by molar-refractivity contribution is 7.99. The van der Waals surface area contributed by atoms with Crippen LogP contribution in [0.25, 0.3) is 17.1 Å². The molecule has 3 aromatic carbocycles. The lowest BCUT2D eigenvalue weighted by molar-refractivity contribution is -0.116. The highest BCUT2D eigenvalue weighted by atomic mass is 32.2. The van der Waals surface area contributed by atoms with E-state index in [1.165, 1.54) is 17.3 Å². The maximum atomic E-state index is 13.2. The van der Waals surface area contributed by atoms with E-state index < -0.39 is 0 Å². The van der Waals surface area contributed by atoms with Gasteiger partial charge in [0.15, 0.2) is 11.0 Å². The second-order valence-electron chi connectivity index (χ2n) is 7.77. The van der Waals surface area contributed by atoms with Crippen LogP contribution in [0.2, 0.25) is 0 Å². The predicted molar refractivity (Wildman–Crippen MR) is 131 cm³/mol. The van der Waals surface area contributed by atoms with Gasteiger partial charge < -0.3 is 9.64 Å². The molecule has 4 aromatic rings. The number of methoxy groups -OCH3 is 1. The van der Waals surface area contributed by atoms with Crippen molar-refractivity contribution >= 4 is 23.4 Å². The second-order valence-corrected chi connectivity index (χ2v) is 8.71. The fourth-order valence-electron chi connectivity index (χ4n) is 4.10. The fraction of sp³-hybridized carbons (Fsp3) is 0.192. The molecule has 0 saturated carbocycles. The standard InChI is InChI=1S/C26H24N4O2S/c1-32-22-15-13-21(14-16-22)30-25(20-9-3-2-4-10-20)27-28-26(30)33-18-24(31)29-17-7-11-19-8-5-6-12-23(19)29/h2-6,8-10,12-16H,7,11,17-18H2,1H3. The van der Waals surface area contributed by atoms with Crippen molar-refractivity contribution in [1.29, 1.82) is 0 Å². The van der Waals surface area contributed by atoms with Crippen molar-refractivity contribution in [2.24, 2.45) is 0 Å². The third kappa shape index (κ3) is 4.36. The van der Waals surface area contributed by atoms with Gasteiger partial charge in [-0.15, -0.1) is 10.2 Å². The van der Waals surface area contributed by atoms with Gasteiger partial charge in [0.2, 0.25) is 5.91 Å². The summed E-state index contributed by atoms with van der Waals surface area (Å²) in [6, 6.07) is 25.9. The summed E-state index contributed by atoms with van der Waals surface area (Å²) in [6.45, 7) is 0.747. The average molecular weight is 457 g/mol. The van der Waals surface area contributed by atoms with E-state index >= 15 is 0 Å². The van der Waals surface area contributed by atoms with Gasteiger partial charge in [-0.05, 0) is 48.7 Å². The molecule has 33 heavy (non-hydrogen) atoms. The molecular weight excluding hydrogens is 432 g/mol. The van der Waals surface area contributed by atoms with Crippen molar-refractivity contribution in [3.05, 3.63) is 84.4 Å². The highest BCUT2D eigenvalue weighted by Gasteiger charge is 2.24. The number of benzene rings is 3. The van der Waals surface area contributed by atoms with Crippen LogP contribution in [0.1, 0.15) is 12.0 Å². The molecule has 5 rings (SSSR count). The molecule has 0 radical (unpaired) electrons. The van der Waals surface area contributed by atoms with E-state index in [0.29, 0.717) is 5.16 Å². The topological polar surface area (TPSA) is 60.2 Å². The summed E-state index contributed by atoms with van der Waals surface area (Å²) in [5, 5.41) is 9.59. The fourth-order valence-corrected chi connectivity index (χ4v) is 4.93. The summed E-state index contributed by atoms with van der Waals surface area (Å²) in [6.07, 6.45) is 1.99. The summed E-state index contributed by atoms with van der Waals surface area (Å²) in [4.78, 5) is 15.1. The minimum absolute atomic E-state index is 0.0812. The number of fused-ring (bicyclic) bond motifs is 1. The maximum absolute atomic E-state index is 13.2. The number of rotatable bonds is 6. The van der Waals surface area contributed by atoms with Crippen molar-refractivity contribution in [2.75, 3.05) is 24.3 Å². The Morgan fingerprint density at radius 2 is 1.73 bits per heavy atom. The summed E-state index contributed by atoms with van der Waals surface area (Å²) in [7, 11) is 1.65. The van der Waals surface area contributed by atoms with Crippen LogP contribution in [0.15, 0.2) is 84.0 Å². The molecular formula is C26H24N4O2S. The van der Waals surface area contributed by atoms with Crippen LogP contribution in [0.5, 0.6) is 5.75 Å². The first-order valence-corrected chi connectivity index (χ1v) is 11.9. The van der Waals surface area contributed by atoms with Crippen molar-refractivity contribution < 1.29 is 9.53 Å². The lowest BCUT2D eigenvalue weighted by atomic mass is 10.0. The number of aromatic nitrogens is 3. The number of carbonyl (C=O) groups is 1. The molecule has 0 fully saturated rings. The Hall–Kier alpha value is -3.58. The first kappa shape index (κ1) is 21.3. The van der Waals surface area contributed by atoms with Crippen LogP contribution in [-0.2, 0) is 11.2 Å². The number of ether oxygens (including phenoxy) is 1.